The SMILES string of the molecule is Cc1ccc2nc3ccccc3cc2c1B(O)O. The van der Waals surface area contributed by atoms with Crippen LogP contribution in [0.1, 0.15) is 5.56 Å². The third-order valence-electron chi connectivity index (χ3n) is 3.22. The lowest BCUT2D eigenvalue weighted by Gasteiger charge is -2.10. The molecule has 4 heteroatoms. The van der Waals surface area contributed by atoms with Gasteiger partial charge in [0.25, 0.3) is 0 Å². The third kappa shape index (κ3) is 1.67. The first-order chi connectivity index (χ1) is 8.66. The Morgan fingerprint density at radius 1 is 1.00 bits per heavy atom. The summed E-state index contributed by atoms with van der Waals surface area (Å²) in [5.41, 5.74) is 3.08. The van der Waals surface area contributed by atoms with Crippen molar-refractivity contribution in [3.63, 3.8) is 0 Å². The molecule has 0 bridgehead atoms. The van der Waals surface area contributed by atoms with E-state index in [9.17, 15) is 10.0 Å². The van der Waals surface area contributed by atoms with Crippen LogP contribution in [-0.2, 0) is 0 Å². The van der Waals surface area contributed by atoms with E-state index in [4.69, 9.17) is 0 Å². The molecule has 3 nitrogen and oxygen atoms in total. The molecule has 0 saturated carbocycles. The molecule has 0 amide bonds. The van der Waals surface area contributed by atoms with Gasteiger partial charge >= 0.3 is 7.12 Å². The minimum Gasteiger partial charge on any atom is -0.423 e. The molecule has 0 aliphatic rings. The van der Waals surface area contributed by atoms with Crippen molar-refractivity contribution in [2.45, 2.75) is 6.92 Å². The first-order valence-corrected chi connectivity index (χ1v) is 5.82. The predicted octanol–water partition coefficient (Wildman–Crippen LogP) is 1.38. The second-order valence-corrected chi connectivity index (χ2v) is 4.42. The van der Waals surface area contributed by atoms with Crippen LogP contribution in [0.5, 0.6) is 0 Å². The number of nitrogens with zero attached hydrogens (tertiary/aromatic N) is 1. The van der Waals surface area contributed by atoms with Crippen molar-refractivity contribution in [2.75, 3.05) is 0 Å². The van der Waals surface area contributed by atoms with E-state index in [1.54, 1.807) is 0 Å². The Morgan fingerprint density at radius 2 is 1.78 bits per heavy atom. The van der Waals surface area contributed by atoms with Gasteiger partial charge in [0.2, 0.25) is 0 Å². The number of aromatic nitrogens is 1. The van der Waals surface area contributed by atoms with Gasteiger partial charge in [-0.05, 0) is 30.6 Å². The molecule has 0 fully saturated rings. The number of aryl methyl sites for hydroxylation is 1. The van der Waals surface area contributed by atoms with Gasteiger partial charge in [0.05, 0.1) is 11.0 Å². The molecule has 1 heterocycles. The van der Waals surface area contributed by atoms with E-state index in [2.05, 4.69) is 4.98 Å². The van der Waals surface area contributed by atoms with Crippen LogP contribution in [0.15, 0.2) is 42.5 Å². The Hall–Kier alpha value is -1.91. The summed E-state index contributed by atoms with van der Waals surface area (Å²) < 4.78 is 0. The van der Waals surface area contributed by atoms with E-state index in [0.29, 0.717) is 5.46 Å². The zero-order valence-electron chi connectivity index (χ0n) is 9.96. The minimum atomic E-state index is -1.48. The molecule has 3 aromatic rings. The van der Waals surface area contributed by atoms with Gasteiger partial charge in [-0.1, -0.05) is 29.8 Å². The van der Waals surface area contributed by atoms with Crippen molar-refractivity contribution < 1.29 is 10.0 Å². The van der Waals surface area contributed by atoms with E-state index >= 15 is 0 Å². The highest BCUT2D eigenvalue weighted by Gasteiger charge is 2.18. The van der Waals surface area contributed by atoms with Gasteiger partial charge in [-0.3, -0.25) is 0 Å². The summed E-state index contributed by atoms with van der Waals surface area (Å²) in [5.74, 6) is 0. The zero-order chi connectivity index (χ0) is 12.7. The number of para-hydroxylation sites is 1. The Bertz CT molecular complexity index is 740. The summed E-state index contributed by atoms with van der Waals surface area (Å²) in [6.07, 6.45) is 0. The van der Waals surface area contributed by atoms with Crippen LogP contribution in [0.2, 0.25) is 0 Å². The molecule has 3 rings (SSSR count). The van der Waals surface area contributed by atoms with Crippen LogP contribution < -0.4 is 5.46 Å². The molecular weight excluding hydrogens is 225 g/mol. The number of pyridine rings is 1. The number of benzene rings is 2. The minimum absolute atomic E-state index is 0.533. The van der Waals surface area contributed by atoms with E-state index < -0.39 is 7.12 Å². The van der Waals surface area contributed by atoms with Crippen LogP contribution in [0.3, 0.4) is 0 Å². The van der Waals surface area contributed by atoms with Crippen molar-refractivity contribution in [1.29, 1.82) is 0 Å². The summed E-state index contributed by atoms with van der Waals surface area (Å²) in [7, 11) is -1.48. The molecule has 0 unspecified atom stereocenters. The van der Waals surface area contributed by atoms with Gasteiger partial charge in [-0.15, -0.1) is 0 Å². The molecule has 88 valence electrons. The fourth-order valence-corrected chi connectivity index (χ4v) is 2.32. The van der Waals surface area contributed by atoms with Gasteiger partial charge in [0, 0.05) is 10.8 Å². The standard InChI is InChI=1S/C14H12BNO2/c1-9-6-7-13-11(14(9)15(17)18)8-10-4-2-3-5-12(10)16-13/h2-8,17-18H,1H3. The van der Waals surface area contributed by atoms with Crippen LogP contribution in [-0.4, -0.2) is 22.2 Å². The van der Waals surface area contributed by atoms with Crippen molar-refractivity contribution in [3.8, 4) is 0 Å². The second-order valence-electron chi connectivity index (χ2n) is 4.42. The lowest BCUT2D eigenvalue weighted by atomic mass is 9.75. The topological polar surface area (TPSA) is 53.4 Å². The van der Waals surface area contributed by atoms with Crippen LogP contribution in [0.4, 0.5) is 0 Å². The lowest BCUT2D eigenvalue weighted by molar-refractivity contribution is 0.426. The Balaban J connectivity index is 2.46. The predicted molar refractivity (Wildman–Crippen MR) is 73.8 cm³/mol. The molecular formula is C14H12BNO2. The normalized spacial score (nSPS) is 11.1. The molecule has 0 radical (unpaired) electrons. The number of fused-ring (bicyclic) bond motifs is 2. The number of hydrogen-bond donors (Lipinski definition) is 2. The first-order valence-electron chi connectivity index (χ1n) is 5.82. The van der Waals surface area contributed by atoms with Crippen LogP contribution >= 0.6 is 0 Å². The summed E-state index contributed by atoms with van der Waals surface area (Å²) in [6.45, 7) is 1.86. The molecule has 2 N–H and O–H groups in total. The monoisotopic (exact) mass is 237 g/mol. The van der Waals surface area contributed by atoms with Crippen molar-refractivity contribution in [3.05, 3.63) is 48.0 Å². The smallest absolute Gasteiger partial charge is 0.423 e. The molecule has 0 atom stereocenters. The highest BCUT2D eigenvalue weighted by atomic mass is 16.4. The zero-order valence-corrected chi connectivity index (χ0v) is 9.96. The van der Waals surface area contributed by atoms with Gasteiger partial charge in [-0.25, -0.2) is 4.98 Å². The van der Waals surface area contributed by atoms with Crippen molar-refractivity contribution >= 4 is 34.4 Å². The second kappa shape index (κ2) is 4.08. The molecule has 2 aromatic carbocycles. The third-order valence-corrected chi connectivity index (χ3v) is 3.22. The highest BCUT2D eigenvalue weighted by molar-refractivity contribution is 6.62. The lowest BCUT2D eigenvalue weighted by Crippen LogP contribution is -2.32. The molecule has 1 aromatic heterocycles. The maximum Gasteiger partial charge on any atom is 0.489 e. The van der Waals surface area contributed by atoms with Crippen LogP contribution in [0, 0.1) is 6.92 Å². The molecule has 18 heavy (non-hydrogen) atoms. The molecule has 0 saturated heterocycles. The Morgan fingerprint density at radius 3 is 2.56 bits per heavy atom. The molecule has 0 aliphatic heterocycles. The van der Waals surface area contributed by atoms with Crippen molar-refractivity contribution in [1.82, 2.24) is 4.98 Å². The summed E-state index contributed by atoms with van der Waals surface area (Å²) in [5, 5.41) is 20.8. The van der Waals surface area contributed by atoms with E-state index in [0.717, 1.165) is 27.4 Å². The first kappa shape index (κ1) is 11.2. The van der Waals surface area contributed by atoms with Crippen LogP contribution in [0.25, 0.3) is 21.8 Å². The van der Waals surface area contributed by atoms with E-state index in [1.165, 1.54) is 0 Å². The van der Waals surface area contributed by atoms with E-state index in [1.807, 2.05) is 49.4 Å². The Kier molecular flexibility index (Phi) is 2.54. The summed E-state index contributed by atoms with van der Waals surface area (Å²) in [4.78, 5) is 4.54. The average Bonchev–Trinajstić information content (AvgIpc) is 2.36. The number of rotatable bonds is 1. The maximum atomic E-state index is 9.50. The fourth-order valence-electron chi connectivity index (χ4n) is 2.32. The van der Waals surface area contributed by atoms with Gasteiger partial charge in [0.1, 0.15) is 0 Å². The average molecular weight is 237 g/mol. The number of hydrogen-bond acceptors (Lipinski definition) is 3. The summed E-state index contributed by atoms with van der Waals surface area (Å²) >= 11 is 0. The van der Waals surface area contributed by atoms with Crippen molar-refractivity contribution in [2.24, 2.45) is 0 Å². The molecule has 0 aliphatic carbocycles. The highest BCUT2D eigenvalue weighted by Crippen LogP contribution is 2.19. The fraction of sp³-hybridized carbons (Fsp3) is 0.0714. The quantitative estimate of drug-likeness (QED) is 0.496. The largest absolute Gasteiger partial charge is 0.489 e. The maximum absolute atomic E-state index is 9.50. The summed E-state index contributed by atoms with van der Waals surface area (Å²) in [6, 6.07) is 13.5. The molecule has 0 spiro atoms. The van der Waals surface area contributed by atoms with Gasteiger partial charge < -0.3 is 10.0 Å². The van der Waals surface area contributed by atoms with Gasteiger partial charge in [-0.2, -0.15) is 0 Å². The Labute approximate surface area is 105 Å². The van der Waals surface area contributed by atoms with Gasteiger partial charge in [0.15, 0.2) is 0 Å². The van der Waals surface area contributed by atoms with E-state index in [-0.39, 0.29) is 0 Å².